The van der Waals surface area contributed by atoms with Crippen LogP contribution in [0.3, 0.4) is 0 Å². The molecular weight excluding hydrogens is 305 g/mol. The van der Waals surface area contributed by atoms with Gasteiger partial charge in [-0.2, -0.15) is 0 Å². The van der Waals surface area contributed by atoms with Crippen LogP contribution in [-0.2, 0) is 0 Å². The minimum Gasteiger partial charge on any atom is -0.395 e. The van der Waals surface area contributed by atoms with Crippen LogP contribution in [0.25, 0.3) is 0 Å². The van der Waals surface area contributed by atoms with Crippen LogP contribution < -0.4 is 5.73 Å². The van der Waals surface area contributed by atoms with Gasteiger partial charge in [-0.3, -0.25) is 0 Å². The van der Waals surface area contributed by atoms with Crippen LogP contribution in [0.2, 0.25) is 5.15 Å². The topological polar surface area (TPSA) is 38.9 Å². The first-order chi connectivity index (χ1) is 6.11. The van der Waals surface area contributed by atoms with Gasteiger partial charge in [0.25, 0.3) is 0 Å². The van der Waals surface area contributed by atoms with E-state index in [1.165, 1.54) is 0 Å². The van der Waals surface area contributed by atoms with E-state index >= 15 is 0 Å². The first kappa shape index (κ1) is 9.45. The summed E-state index contributed by atoms with van der Waals surface area (Å²) in [4.78, 5) is 4.00. The Morgan fingerprint density at radius 3 is 2.69 bits per heavy atom. The van der Waals surface area contributed by atoms with Crippen LogP contribution in [0.5, 0.6) is 0 Å². The Bertz CT molecular complexity index is 366. The highest BCUT2D eigenvalue weighted by Gasteiger charge is 2.29. The molecule has 1 fully saturated rings. The molecule has 0 saturated heterocycles. The zero-order valence-corrected chi connectivity index (χ0v) is 9.56. The lowest BCUT2D eigenvalue weighted by molar-refractivity contribution is 0.623. The fraction of sp³-hybridized carbons (Fsp3) is 0.375. The Hall–Kier alpha value is -0.100. The summed E-state index contributed by atoms with van der Waals surface area (Å²) in [5, 5.41) is -0.111. The fourth-order valence-corrected chi connectivity index (χ4v) is 2.17. The van der Waals surface area contributed by atoms with Crippen molar-refractivity contribution in [1.29, 1.82) is 0 Å². The molecule has 0 aromatic carbocycles. The molecule has 2 N–H and O–H groups in total. The van der Waals surface area contributed by atoms with Gasteiger partial charge in [0.2, 0.25) is 0 Å². The summed E-state index contributed by atoms with van der Waals surface area (Å²) in [6.45, 7) is 0. The van der Waals surface area contributed by atoms with Crippen LogP contribution in [0.15, 0.2) is 0 Å². The van der Waals surface area contributed by atoms with Crippen molar-refractivity contribution in [3.63, 3.8) is 0 Å². The summed E-state index contributed by atoms with van der Waals surface area (Å²) in [7, 11) is 0. The van der Waals surface area contributed by atoms with Gasteiger partial charge in [-0.05, 0) is 35.4 Å². The molecule has 0 aliphatic heterocycles. The Balaban J connectivity index is 2.58. The molecule has 0 unspecified atom stereocenters. The molecule has 0 bridgehead atoms. The van der Waals surface area contributed by atoms with Gasteiger partial charge in [0.1, 0.15) is 0 Å². The number of nitrogens with zero attached hydrogens (tertiary/aromatic N) is 1. The Morgan fingerprint density at radius 1 is 1.54 bits per heavy atom. The molecule has 2 nitrogen and oxygen atoms in total. The number of nitrogens with two attached hydrogens (primary N) is 1. The molecule has 0 radical (unpaired) electrons. The van der Waals surface area contributed by atoms with Gasteiger partial charge in [0.05, 0.1) is 15.0 Å². The van der Waals surface area contributed by atoms with E-state index in [0.29, 0.717) is 9.49 Å². The standard InChI is InChI=1S/C8H7ClFIN2/c9-8-4(10)6(12)5(11)7(13-8)3-1-2-3/h3H,1-2H2,(H2,12,13). The van der Waals surface area contributed by atoms with Gasteiger partial charge in [-0.25, -0.2) is 9.37 Å². The second-order valence-corrected chi connectivity index (χ2v) is 4.54. The van der Waals surface area contributed by atoms with Crippen molar-refractivity contribution in [2.75, 3.05) is 5.73 Å². The van der Waals surface area contributed by atoms with Gasteiger partial charge in [-0.1, -0.05) is 11.6 Å². The minimum absolute atomic E-state index is 0.111. The number of aromatic nitrogens is 1. The lowest BCUT2D eigenvalue weighted by Crippen LogP contribution is -2.02. The van der Waals surface area contributed by atoms with Crippen LogP contribution in [0, 0.1) is 9.39 Å². The summed E-state index contributed by atoms with van der Waals surface area (Å²) in [5.41, 5.74) is 6.52. The summed E-state index contributed by atoms with van der Waals surface area (Å²) < 4.78 is 13.8. The van der Waals surface area contributed by atoms with Gasteiger partial charge in [0.15, 0.2) is 11.0 Å². The second kappa shape index (κ2) is 3.24. The Labute approximate surface area is 93.8 Å². The molecule has 2 rings (SSSR count). The molecule has 1 heterocycles. The van der Waals surface area contributed by atoms with Crippen LogP contribution in [0.1, 0.15) is 24.5 Å². The molecule has 0 atom stereocenters. The monoisotopic (exact) mass is 312 g/mol. The first-order valence-electron chi connectivity index (χ1n) is 3.91. The SMILES string of the molecule is Nc1c(F)c(Cl)nc(C2CC2)c1I. The van der Waals surface area contributed by atoms with Crippen LogP contribution in [-0.4, -0.2) is 4.98 Å². The van der Waals surface area contributed by atoms with E-state index in [1.807, 2.05) is 22.6 Å². The van der Waals surface area contributed by atoms with E-state index in [4.69, 9.17) is 17.3 Å². The molecule has 1 aromatic rings. The van der Waals surface area contributed by atoms with Crippen molar-refractivity contribution < 1.29 is 4.39 Å². The molecule has 5 heteroatoms. The number of nitrogen functional groups attached to an aromatic ring is 1. The number of hydrogen-bond acceptors (Lipinski definition) is 2. The smallest absolute Gasteiger partial charge is 0.184 e. The highest BCUT2D eigenvalue weighted by Crippen LogP contribution is 2.43. The summed E-state index contributed by atoms with van der Waals surface area (Å²) in [6.07, 6.45) is 2.20. The number of hydrogen-bond donors (Lipinski definition) is 1. The van der Waals surface area contributed by atoms with Crippen molar-refractivity contribution >= 4 is 39.9 Å². The number of pyridine rings is 1. The largest absolute Gasteiger partial charge is 0.395 e. The van der Waals surface area contributed by atoms with Crippen molar-refractivity contribution in [3.8, 4) is 0 Å². The third kappa shape index (κ3) is 1.61. The van der Waals surface area contributed by atoms with E-state index in [9.17, 15) is 4.39 Å². The Kier molecular flexibility index (Phi) is 2.35. The van der Waals surface area contributed by atoms with E-state index < -0.39 is 5.82 Å². The highest BCUT2D eigenvalue weighted by atomic mass is 127. The van der Waals surface area contributed by atoms with Crippen LogP contribution >= 0.6 is 34.2 Å². The zero-order valence-electron chi connectivity index (χ0n) is 6.65. The van der Waals surface area contributed by atoms with Gasteiger partial charge in [0, 0.05) is 5.92 Å². The van der Waals surface area contributed by atoms with E-state index in [0.717, 1.165) is 18.5 Å². The molecule has 1 aliphatic carbocycles. The van der Waals surface area contributed by atoms with Crippen LogP contribution in [0.4, 0.5) is 10.1 Å². The van der Waals surface area contributed by atoms with Crippen molar-refractivity contribution in [2.24, 2.45) is 0 Å². The maximum Gasteiger partial charge on any atom is 0.184 e. The van der Waals surface area contributed by atoms with Crippen molar-refractivity contribution in [3.05, 3.63) is 20.2 Å². The van der Waals surface area contributed by atoms with Gasteiger partial charge < -0.3 is 5.73 Å². The lowest BCUT2D eigenvalue weighted by Gasteiger charge is -2.06. The predicted octanol–water partition coefficient (Wildman–Crippen LogP) is 2.94. The molecule has 0 spiro atoms. The summed E-state index contributed by atoms with van der Waals surface area (Å²) in [5.74, 6) is -0.164. The van der Waals surface area contributed by atoms with Crippen molar-refractivity contribution in [2.45, 2.75) is 18.8 Å². The third-order valence-corrected chi connectivity index (χ3v) is 3.45. The summed E-state index contributed by atoms with van der Waals surface area (Å²) in [6, 6.07) is 0. The molecule has 0 amide bonds. The number of rotatable bonds is 1. The lowest BCUT2D eigenvalue weighted by atomic mass is 10.2. The van der Waals surface area contributed by atoms with Crippen molar-refractivity contribution in [1.82, 2.24) is 4.98 Å². The summed E-state index contributed by atoms with van der Waals surface area (Å²) >= 11 is 7.61. The molecule has 1 aromatic heterocycles. The third-order valence-electron chi connectivity index (χ3n) is 2.06. The number of anilines is 1. The average molecular weight is 313 g/mol. The first-order valence-corrected chi connectivity index (χ1v) is 5.36. The molecule has 13 heavy (non-hydrogen) atoms. The highest BCUT2D eigenvalue weighted by molar-refractivity contribution is 14.1. The molecule has 1 saturated carbocycles. The maximum atomic E-state index is 13.1. The average Bonchev–Trinajstić information content (AvgIpc) is 2.91. The molecule has 70 valence electrons. The fourth-order valence-electron chi connectivity index (χ4n) is 1.18. The predicted molar refractivity (Wildman–Crippen MR) is 58.3 cm³/mol. The maximum absolute atomic E-state index is 13.1. The van der Waals surface area contributed by atoms with E-state index in [2.05, 4.69) is 4.98 Å². The zero-order chi connectivity index (χ0) is 9.59. The van der Waals surface area contributed by atoms with Gasteiger partial charge in [-0.15, -0.1) is 0 Å². The Morgan fingerprint density at radius 2 is 2.15 bits per heavy atom. The van der Waals surface area contributed by atoms with E-state index in [-0.39, 0.29) is 10.8 Å². The van der Waals surface area contributed by atoms with E-state index in [1.54, 1.807) is 0 Å². The normalized spacial score (nSPS) is 16.2. The van der Waals surface area contributed by atoms with Gasteiger partial charge >= 0.3 is 0 Å². The molecule has 1 aliphatic rings. The molecular formula is C8H7ClFIN2. The second-order valence-electron chi connectivity index (χ2n) is 3.10. The quantitative estimate of drug-likeness (QED) is 0.639. The minimum atomic E-state index is -0.601. The number of halogens is 3.